The van der Waals surface area contributed by atoms with Crippen molar-refractivity contribution in [3.8, 4) is 0 Å². The Labute approximate surface area is 117 Å². The highest BCUT2D eigenvalue weighted by Crippen LogP contribution is 2.21. The van der Waals surface area contributed by atoms with Crippen LogP contribution in [0.4, 0.5) is 5.82 Å². The van der Waals surface area contributed by atoms with Crippen LogP contribution in [0.15, 0.2) is 24.4 Å². The van der Waals surface area contributed by atoms with Crippen molar-refractivity contribution in [1.29, 1.82) is 0 Å². The summed E-state index contributed by atoms with van der Waals surface area (Å²) < 4.78 is 4.82. The summed E-state index contributed by atoms with van der Waals surface area (Å²) in [4.78, 5) is 21.3. The molecule has 0 radical (unpaired) electrons. The van der Waals surface area contributed by atoms with Crippen LogP contribution in [0.1, 0.15) is 6.42 Å². The summed E-state index contributed by atoms with van der Waals surface area (Å²) in [6, 6.07) is 6.00. The van der Waals surface area contributed by atoms with Crippen LogP contribution in [0, 0.1) is 0 Å². The molecule has 20 heavy (non-hydrogen) atoms. The maximum atomic E-state index is 11.7. The number of hydrogen-bond donors (Lipinski definition) is 2. The van der Waals surface area contributed by atoms with Crippen molar-refractivity contribution in [3.05, 3.63) is 24.4 Å². The highest BCUT2D eigenvalue weighted by Gasteiger charge is 2.35. The molecule has 6 nitrogen and oxygen atoms in total. The van der Waals surface area contributed by atoms with Crippen LogP contribution < -0.4 is 5.32 Å². The summed E-state index contributed by atoms with van der Waals surface area (Å²) in [6.45, 7) is 0.796. The number of aromatic nitrogens is 2. The van der Waals surface area contributed by atoms with E-state index in [1.807, 2.05) is 36.3 Å². The molecule has 106 valence electrons. The lowest BCUT2D eigenvalue weighted by molar-refractivity contribution is -0.145. The Morgan fingerprint density at radius 3 is 3.15 bits per heavy atom. The van der Waals surface area contributed by atoms with E-state index in [-0.39, 0.29) is 18.1 Å². The maximum Gasteiger partial charge on any atom is 0.323 e. The van der Waals surface area contributed by atoms with Gasteiger partial charge >= 0.3 is 5.97 Å². The number of ether oxygens (including phenoxy) is 1. The summed E-state index contributed by atoms with van der Waals surface area (Å²) >= 11 is 0. The smallest absolute Gasteiger partial charge is 0.323 e. The second kappa shape index (κ2) is 5.13. The number of likely N-dealkylation sites (tertiary alicyclic amines) is 1. The molecule has 2 aromatic rings. The molecule has 2 atom stereocenters. The van der Waals surface area contributed by atoms with Crippen LogP contribution in [-0.4, -0.2) is 53.6 Å². The topological polar surface area (TPSA) is 70.2 Å². The van der Waals surface area contributed by atoms with Crippen LogP contribution in [0.3, 0.4) is 0 Å². The van der Waals surface area contributed by atoms with Gasteiger partial charge in [-0.15, -0.1) is 0 Å². The lowest BCUT2D eigenvalue weighted by Gasteiger charge is -2.15. The molecule has 1 fully saturated rings. The minimum atomic E-state index is -0.176. The molecule has 0 saturated carbocycles. The molecule has 0 bridgehead atoms. The molecule has 2 N–H and O–H groups in total. The largest absolute Gasteiger partial charge is 0.468 e. The van der Waals surface area contributed by atoms with Crippen molar-refractivity contribution in [2.75, 3.05) is 26.0 Å². The lowest BCUT2D eigenvalue weighted by atomic mass is 10.1. The standard InChI is InChI=1S/C14H18N4O2/c1-18-8-10(7-11(18)14(19)20-2)16-12-4-3-9-5-6-15-13(9)17-12/h3-6,10-11H,7-8H2,1-2H3,(H2,15,16,17)/t10-,11+/m1/s1. The molecule has 1 aliphatic heterocycles. The predicted octanol–water partition coefficient (Wildman–Crippen LogP) is 1.22. The monoisotopic (exact) mass is 274 g/mol. The fraction of sp³-hybridized carbons (Fsp3) is 0.429. The Balaban J connectivity index is 1.70. The zero-order valence-corrected chi connectivity index (χ0v) is 11.6. The molecule has 2 aromatic heterocycles. The average molecular weight is 274 g/mol. The molecule has 1 saturated heterocycles. The highest BCUT2D eigenvalue weighted by atomic mass is 16.5. The van der Waals surface area contributed by atoms with E-state index in [4.69, 9.17) is 4.74 Å². The van der Waals surface area contributed by atoms with Gasteiger partial charge in [-0.05, 0) is 31.7 Å². The molecule has 6 heteroatoms. The second-order valence-corrected chi connectivity index (χ2v) is 5.17. The van der Waals surface area contributed by atoms with Gasteiger partial charge in [0.05, 0.1) is 7.11 Å². The molecule has 0 amide bonds. The Morgan fingerprint density at radius 2 is 2.35 bits per heavy atom. The van der Waals surface area contributed by atoms with E-state index in [0.717, 1.165) is 29.8 Å². The molecule has 3 rings (SSSR count). The summed E-state index contributed by atoms with van der Waals surface area (Å²) in [5.41, 5.74) is 0.867. The Hall–Kier alpha value is -2.08. The first-order valence-electron chi connectivity index (χ1n) is 6.66. The van der Waals surface area contributed by atoms with Gasteiger partial charge in [-0.1, -0.05) is 0 Å². The van der Waals surface area contributed by atoms with Gasteiger partial charge in [0.2, 0.25) is 0 Å². The number of rotatable bonds is 3. The lowest BCUT2D eigenvalue weighted by Crippen LogP contribution is -2.33. The minimum absolute atomic E-state index is 0.174. The first kappa shape index (κ1) is 12.9. The van der Waals surface area contributed by atoms with Crippen molar-refractivity contribution in [2.45, 2.75) is 18.5 Å². The van der Waals surface area contributed by atoms with E-state index < -0.39 is 0 Å². The number of anilines is 1. The van der Waals surface area contributed by atoms with Crippen LogP contribution in [0.25, 0.3) is 11.0 Å². The summed E-state index contributed by atoms with van der Waals surface area (Å²) in [6.07, 6.45) is 2.60. The Bertz CT molecular complexity index is 624. The van der Waals surface area contributed by atoms with E-state index in [9.17, 15) is 4.79 Å². The van der Waals surface area contributed by atoms with Gasteiger partial charge in [0, 0.05) is 24.2 Å². The second-order valence-electron chi connectivity index (χ2n) is 5.17. The Kier molecular flexibility index (Phi) is 3.31. The normalized spacial score (nSPS) is 23.1. The van der Waals surface area contributed by atoms with E-state index in [1.54, 1.807) is 0 Å². The summed E-state index contributed by atoms with van der Waals surface area (Å²) in [5.74, 6) is 0.647. The number of carbonyl (C=O) groups excluding carboxylic acids is 1. The third-order valence-electron chi connectivity index (χ3n) is 3.78. The number of likely N-dealkylation sites (N-methyl/N-ethyl adjacent to an activating group) is 1. The number of fused-ring (bicyclic) bond motifs is 1. The van der Waals surface area contributed by atoms with Crippen molar-refractivity contribution >= 4 is 22.8 Å². The van der Waals surface area contributed by atoms with Gasteiger partial charge in [-0.2, -0.15) is 0 Å². The number of pyridine rings is 1. The molecule has 0 spiro atoms. The zero-order valence-electron chi connectivity index (χ0n) is 11.6. The average Bonchev–Trinajstić information content (AvgIpc) is 3.04. The predicted molar refractivity (Wildman–Crippen MR) is 76.6 cm³/mol. The van der Waals surface area contributed by atoms with Gasteiger partial charge in [0.15, 0.2) is 0 Å². The number of H-pyrrole nitrogens is 1. The number of hydrogen-bond acceptors (Lipinski definition) is 5. The van der Waals surface area contributed by atoms with Crippen LogP contribution in [0.5, 0.6) is 0 Å². The molecule has 0 aliphatic carbocycles. The number of methoxy groups -OCH3 is 1. The zero-order chi connectivity index (χ0) is 14.1. The van der Waals surface area contributed by atoms with E-state index in [1.165, 1.54) is 7.11 Å². The first-order valence-corrected chi connectivity index (χ1v) is 6.66. The third-order valence-corrected chi connectivity index (χ3v) is 3.78. The van der Waals surface area contributed by atoms with E-state index in [2.05, 4.69) is 15.3 Å². The van der Waals surface area contributed by atoms with Gasteiger partial charge in [-0.25, -0.2) is 4.98 Å². The highest BCUT2D eigenvalue weighted by molar-refractivity contribution is 5.77. The van der Waals surface area contributed by atoms with E-state index >= 15 is 0 Å². The van der Waals surface area contributed by atoms with Crippen molar-refractivity contribution < 1.29 is 9.53 Å². The molecule has 0 unspecified atom stereocenters. The van der Waals surface area contributed by atoms with Crippen LogP contribution in [-0.2, 0) is 9.53 Å². The fourth-order valence-corrected chi connectivity index (χ4v) is 2.74. The number of carbonyl (C=O) groups is 1. The van der Waals surface area contributed by atoms with Gasteiger partial charge in [0.25, 0.3) is 0 Å². The number of nitrogens with one attached hydrogen (secondary N) is 2. The van der Waals surface area contributed by atoms with Gasteiger partial charge in [-0.3, -0.25) is 9.69 Å². The quantitative estimate of drug-likeness (QED) is 0.824. The van der Waals surface area contributed by atoms with E-state index in [0.29, 0.717) is 0 Å². The molecule has 0 aromatic carbocycles. The van der Waals surface area contributed by atoms with Gasteiger partial charge in [0.1, 0.15) is 17.5 Å². The van der Waals surface area contributed by atoms with Crippen molar-refractivity contribution in [2.24, 2.45) is 0 Å². The first-order chi connectivity index (χ1) is 9.67. The number of aromatic amines is 1. The molecular weight excluding hydrogens is 256 g/mol. The van der Waals surface area contributed by atoms with Crippen LogP contribution >= 0.6 is 0 Å². The fourth-order valence-electron chi connectivity index (χ4n) is 2.74. The van der Waals surface area contributed by atoms with Gasteiger partial charge < -0.3 is 15.0 Å². The van der Waals surface area contributed by atoms with Crippen LogP contribution in [0.2, 0.25) is 0 Å². The SMILES string of the molecule is COC(=O)[C@@H]1C[C@@H](Nc2ccc3cc[nH]c3n2)CN1C. The maximum absolute atomic E-state index is 11.7. The third kappa shape index (κ3) is 2.34. The molecular formula is C14H18N4O2. The van der Waals surface area contributed by atoms with Crippen molar-refractivity contribution in [1.82, 2.24) is 14.9 Å². The number of esters is 1. The van der Waals surface area contributed by atoms with Crippen molar-refractivity contribution in [3.63, 3.8) is 0 Å². The summed E-state index contributed by atoms with van der Waals surface area (Å²) in [5, 5.41) is 4.47. The Morgan fingerprint density at radius 1 is 1.50 bits per heavy atom. The summed E-state index contributed by atoms with van der Waals surface area (Å²) in [7, 11) is 3.36. The molecule has 3 heterocycles. The number of nitrogens with zero attached hydrogens (tertiary/aromatic N) is 2. The molecule has 1 aliphatic rings. The minimum Gasteiger partial charge on any atom is -0.468 e.